The van der Waals surface area contributed by atoms with E-state index in [4.69, 9.17) is 0 Å². The summed E-state index contributed by atoms with van der Waals surface area (Å²) in [5, 5.41) is 4.60. The lowest BCUT2D eigenvalue weighted by molar-refractivity contribution is -0.275. The summed E-state index contributed by atoms with van der Waals surface area (Å²) in [4.78, 5) is 26.4. The van der Waals surface area contributed by atoms with Crippen molar-refractivity contribution in [3.63, 3.8) is 0 Å². The summed E-state index contributed by atoms with van der Waals surface area (Å²) in [6.45, 7) is 0.976. The van der Waals surface area contributed by atoms with Gasteiger partial charge in [-0.1, -0.05) is 0 Å². The van der Waals surface area contributed by atoms with Gasteiger partial charge >= 0.3 is 12.5 Å². The second-order valence-electron chi connectivity index (χ2n) is 9.73. The Morgan fingerprint density at radius 2 is 1.66 bits per heavy atom. The molecule has 0 radical (unpaired) electrons. The van der Waals surface area contributed by atoms with Gasteiger partial charge in [0.05, 0.1) is 6.54 Å². The van der Waals surface area contributed by atoms with E-state index in [0.717, 1.165) is 18.2 Å². The van der Waals surface area contributed by atoms with Crippen molar-refractivity contribution in [2.45, 2.75) is 56.6 Å². The van der Waals surface area contributed by atoms with Gasteiger partial charge in [-0.25, -0.2) is 4.39 Å². The van der Waals surface area contributed by atoms with Gasteiger partial charge in [0, 0.05) is 30.8 Å². The molecule has 6 nitrogen and oxygen atoms in total. The largest absolute Gasteiger partial charge is 0.573 e. The number of nitrogens with zero attached hydrogens (tertiary/aromatic N) is 1. The van der Waals surface area contributed by atoms with E-state index in [2.05, 4.69) is 15.4 Å². The fourth-order valence-corrected chi connectivity index (χ4v) is 4.96. The molecule has 1 spiro atoms. The number of ether oxygens (including phenoxy) is 1. The van der Waals surface area contributed by atoms with Crippen LogP contribution in [0.25, 0.3) is 0 Å². The van der Waals surface area contributed by atoms with Gasteiger partial charge in [0.25, 0.3) is 0 Å². The minimum absolute atomic E-state index is 0.0240. The van der Waals surface area contributed by atoms with Crippen molar-refractivity contribution in [3.05, 3.63) is 24.0 Å². The summed E-state index contributed by atoms with van der Waals surface area (Å²) in [5.74, 6) is -3.71. The SMILES string of the molecule is O=C(CN1CC2(CCC(C(=O)Nc3ccc(F)c(OC(F)(F)F)c3)CC2)C1)NC1(C(F)(F)F)CC1. The van der Waals surface area contributed by atoms with Gasteiger partial charge in [-0.2, -0.15) is 13.2 Å². The second kappa shape index (κ2) is 8.82. The normalized spacial score (nSPS) is 21.8. The van der Waals surface area contributed by atoms with Crippen LogP contribution >= 0.6 is 0 Å². The van der Waals surface area contributed by atoms with E-state index in [9.17, 15) is 40.3 Å². The van der Waals surface area contributed by atoms with Crippen molar-refractivity contribution in [1.29, 1.82) is 0 Å². The summed E-state index contributed by atoms with van der Waals surface area (Å²) in [7, 11) is 0. The molecule has 1 heterocycles. The summed E-state index contributed by atoms with van der Waals surface area (Å²) in [6, 6.07) is 2.68. The molecule has 0 aromatic heterocycles. The van der Waals surface area contributed by atoms with Gasteiger partial charge < -0.3 is 15.4 Å². The fourth-order valence-electron chi connectivity index (χ4n) is 4.96. The molecule has 1 aromatic rings. The average Bonchev–Trinajstić information content (AvgIpc) is 3.49. The Labute approximate surface area is 196 Å². The van der Waals surface area contributed by atoms with E-state index in [1.54, 1.807) is 4.90 Å². The predicted molar refractivity (Wildman–Crippen MR) is 109 cm³/mol. The van der Waals surface area contributed by atoms with E-state index in [1.807, 2.05) is 0 Å². The summed E-state index contributed by atoms with van der Waals surface area (Å²) in [5.41, 5.74) is -2.21. The number of rotatable bonds is 6. The monoisotopic (exact) mass is 511 g/mol. The van der Waals surface area contributed by atoms with Gasteiger partial charge in [-0.3, -0.25) is 14.5 Å². The van der Waals surface area contributed by atoms with E-state index in [1.165, 1.54) is 0 Å². The van der Waals surface area contributed by atoms with E-state index in [0.29, 0.717) is 38.8 Å². The Balaban J connectivity index is 1.22. The van der Waals surface area contributed by atoms with Crippen LogP contribution in [0.2, 0.25) is 0 Å². The Bertz CT molecular complexity index is 975. The summed E-state index contributed by atoms with van der Waals surface area (Å²) < 4.78 is 93.3. The van der Waals surface area contributed by atoms with E-state index >= 15 is 0 Å². The van der Waals surface area contributed by atoms with Crippen LogP contribution in [0.3, 0.4) is 0 Å². The highest BCUT2D eigenvalue weighted by Gasteiger charge is 2.64. The van der Waals surface area contributed by atoms with Gasteiger partial charge in [-0.15, -0.1) is 13.2 Å². The Hall–Kier alpha value is -2.57. The molecular weight excluding hydrogens is 487 g/mol. The number of benzene rings is 1. The second-order valence-corrected chi connectivity index (χ2v) is 9.73. The van der Waals surface area contributed by atoms with Crippen molar-refractivity contribution in [2.75, 3.05) is 25.0 Å². The van der Waals surface area contributed by atoms with Crippen molar-refractivity contribution in [2.24, 2.45) is 11.3 Å². The number of nitrogens with one attached hydrogen (secondary N) is 2. The molecule has 13 heteroatoms. The number of carbonyl (C=O) groups is 2. The quantitative estimate of drug-likeness (QED) is 0.557. The minimum atomic E-state index is -5.07. The van der Waals surface area contributed by atoms with Crippen LogP contribution in [0.4, 0.5) is 36.4 Å². The van der Waals surface area contributed by atoms with Crippen LogP contribution in [-0.4, -0.2) is 54.4 Å². The molecule has 35 heavy (non-hydrogen) atoms. The van der Waals surface area contributed by atoms with Gasteiger partial charge in [0.1, 0.15) is 5.54 Å². The predicted octanol–water partition coefficient (Wildman–Crippen LogP) is 4.37. The van der Waals surface area contributed by atoms with Crippen LogP contribution in [0.5, 0.6) is 5.75 Å². The third-order valence-electron chi connectivity index (χ3n) is 7.00. The number of hydrogen-bond donors (Lipinski definition) is 2. The first-order chi connectivity index (χ1) is 16.2. The smallest absolute Gasteiger partial charge is 0.403 e. The third kappa shape index (κ3) is 5.81. The van der Waals surface area contributed by atoms with Gasteiger partial charge in [-0.05, 0) is 56.1 Å². The first-order valence-corrected chi connectivity index (χ1v) is 11.2. The molecular formula is C22H24F7N3O3. The van der Waals surface area contributed by atoms with Gasteiger partial charge in [0.15, 0.2) is 11.6 Å². The fraction of sp³-hybridized carbons (Fsp3) is 0.636. The molecule has 0 atom stereocenters. The third-order valence-corrected chi connectivity index (χ3v) is 7.00. The van der Waals surface area contributed by atoms with Crippen molar-refractivity contribution in [3.8, 4) is 5.75 Å². The lowest BCUT2D eigenvalue weighted by Gasteiger charge is -2.53. The number of amides is 2. The number of likely N-dealkylation sites (tertiary alicyclic amines) is 1. The minimum Gasteiger partial charge on any atom is -0.403 e. The molecule has 4 rings (SSSR count). The Morgan fingerprint density at radius 1 is 1.03 bits per heavy atom. The number of anilines is 1. The molecule has 2 saturated carbocycles. The zero-order chi connectivity index (χ0) is 25.6. The average molecular weight is 511 g/mol. The number of alkyl halides is 6. The molecule has 1 aliphatic heterocycles. The molecule has 3 aliphatic rings. The molecule has 0 unspecified atom stereocenters. The maximum Gasteiger partial charge on any atom is 0.573 e. The van der Waals surface area contributed by atoms with E-state index < -0.39 is 47.4 Å². The molecule has 2 aliphatic carbocycles. The number of carbonyl (C=O) groups excluding carboxylic acids is 2. The zero-order valence-corrected chi connectivity index (χ0v) is 18.5. The number of hydrogen-bond acceptors (Lipinski definition) is 4. The molecule has 194 valence electrons. The van der Waals surface area contributed by atoms with Crippen LogP contribution in [0, 0.1) is 17.2 Å². The zero-order valence-electron chi connectivity index (χ0n) is 18.5. The molecule has 1 saturated heterocycles. The Kier molecular flexibility index (Phi) is 6.43. The molecule has 2 N–H and O–H groups in total. The van der Waals surface area contributed by atoms with Crippen molar-refractivity contribution in [1.82, 2.24) is 10.2 Å². The summed E-state index contributed by atoms with van der Waals surface area (Å²) in [6.07, 6.45) is -7.39. The van der Waals surface area contributed by atoms with Gasteiger partial charge in [0.2, 0.25) is 11.8 Å². The lowest BCUT2D eigenvalue weighted by Crippen LogP contribution is -2.61. The molecule has 0 bridgehead atoms. The lowest BCUT2D eigenvalue weighted by atomic mass is 9.65. The van der Waals surface area contributed by atoms with Crippen LogP contribution < -0.4 is 15.4 Å². The summed E-state index contributed by atoms with van der Waals surface area (Å²) >= 11 is 0. The standard InChI is InChI=1S/C22H24F7N3O3/c23-15-2-1-14(9-16(15)35-22(27,28)29)30-18(34)13-3-5-19(6-4-13)11-32(12-19)10-17(33)31-20(7-8-20)21(24,25)26/h1-2,9,13H,3-8,10-12H2,(H,30,34)(H,31,33). The molecule has 1 aromatic carbocycles. The van der Waals surface area contributed by atoms with Crippen LogP contribution in [0.1, 0.15) is 38.5 Å². The van der Waals surface area contributed by atoms with Crippen LogP contribution in [0.15, 0.2) is 18.2 Å². The number of halogens is 7. The van der Waals surface area contributed by atoms with Crippen molar-refractivity contribution >= 4 is 17.5 Å². The Morgan fingerprint density at radius 3 is 2.20 bits per heavy atom. The van der Waals surface area contributed by atoms with E-state index in [-0.39, 0.29) is 30.5 Å². The molecule has 3 fully saturated rings. The highest BCUT2D eigenvalue weighted by Crippen LogP contribution is 2.49. The first-order valence-electron chi connectivity index (χ1n) is 11.2. The van der Waals surface area contributed by atoms with Crippen molar-refractivity contribution < 1.29 is 45.1 Å². The highest BCUT2D eigenvalue weighted by molar-refractivity contribution is 5.92. The highest BCUT2D eigenvalue weighted by atomic mass is 19.4. The van der Waals surface area contributed by atoms with Crippen LogP contribution in [-0.2, 0) is 9.59 Å². The molecule has 2 amide bonds. The first kappa shape index (κ1) is 25.5. The topological polar surface area (TPSA) is 70.7 Å². The maximum atomic E-state index is 13.6. The maximum absolute atomic E-state index is 13.6.